The Kier molecular flexibility index (Phi) is 5.28. The van der Waals surface area contributed by atoms with Crippen LogP contribution in [0.4, 0.5) is 0 Å². The summed E-state index contributed by atoms with van der Waals surface area (Å²) in [7, 11) is 0. The molecule has 0 atom stereocenters. The quantitative estimate of drug-likeness (QED) is 0.744. The average Bonchev–Trinajstić information content (AvgIpc) is 3.06. The lowest BCUT2D eigenvalue weighted by atomic mass is 10.0. The third kappa shape index (κ3) is 4.32. The molecule has 0 unspecified atom stereocenters. The van der Waals surface area contributed by atoms with E-state index in [0.29, 0.717) is 18.0 Å². The van der Waals surface area contributed by atoms with Crippen LogP contribution in [0, 0.1) is 11.8 Å². The zero-order valence-electron chi connectivity index (χ0n) is 13.4. The maximum absolute atomic E-state index is 12.0. The third-order valence-corrected chi connectivity index (χ3v) is 4.83. The van der Waals surface area contributed by atoms with Crippen molar-refractivity contribution in [2.24, 2.45) is 11.8 Å². The van der Waals surface area contributed by atoms with Crippen molar-refractivity contribution < 1.29 is 9.59 Å². The van der Waals surface area contributed by atoms with Gasteiger partial charge in [-0.1, -0.05) is 25.0 Å². The maximum atomic E-state index is 12.0. The Morgan fingerprint density at radius 3 is 2.35 bits per heavy atom. The summed E-state index contributed by atoms with van der Waals surface area (Å²) < 4.78 is 0. The van der Waals surface area contributed by atoms with Gasteiger partial charge in [0.25, 0.3) is 5.91 Å². The molecule has 2 amide bonds. The molecular weight excluding hydrogens is 290 g/mol. The highest BCUT2D eigenvalue weighted by atomic mass is 16.2. The van der Waals surface area contributed by atoms with E-state index < -0.39 is 0 Å². The van der Waals surface area contributed by atoms with E-state index in [0.717, 1.165) is 38.0 Å². The Balaban J connectivity index is 1.44. The highest BCUT2D eigenvalue weighted by Gasteiger charge is 2.22. The molecule has 2 aliphatic rings. The van der Waals surface area contributed by atoms with E-state index in [-0.39, 0.29) is 17.7 Å². The van der Waals surface area contributed by atoms with Crippen LogP contribution in [0.5, 0.6) is 0 Å². The number of rotatable bonds is 6. The molecule has 0 aromatic heterocycles. The normalized spacial score (nSPS) is 18.4. The maximum Gasteiger partial charge on any atom is 0.251 e. The van der Waals surface area contributed by atoms with Gasteiger partial charge in [-0.2, -0.15) is 0 Å². The second kappa shape index (κ2) is 7.59. The molecule has 1 aliphatic carbocycles. The molecular formula is C18H25N3O2. The zero-order valence-corrected chi connectivity index (χ0v) is 13.4. The number of hydrogen-bond acceptors (Lipinski definition) is 3. The summed E-state index contributed by atoms with van der Waals surface area (Å²) in [5, 5.41) is 9.15. The molecule has 2 fully saturated rings. The lowest BCUT2D eigenvalue weighted by Gasteiger charge is -2.27. The molecule has 3 N–H and O–H groups in total. The summed E-state index contributed by atoms with van der Waals surface area (Å²) in [5.41, 5.74) is 1.69. The summed E-state index contributed by atoms with van der Waals surface area (Å²) in [6.07, 6.45) is 4.36. The molecule has 1 saturated heterocycles. The standard InChI is InChI=1S/C18H25N3O2/c22-17(15-3-1-2-4-15)20-11-13-5-7-16(8-6-13)18(23)21-12-14-9-19-10-14/h5-8,14-15,19H,1-4,9-12H2,(H,20,22)(H,21,23). The molecule has 1 aromatic carbocycles. The molecule has 3 rings (SSSR count). The van der Waals surface area contributed by atoms with E-state index in [1.807, 2.05) is 24.3 Å². The Morgan fingerprint density at radius 2 is 1.74 bits per heavy atom. The van der Waals surface area contributed by atoms with Gasteiger partial charge in [-0.05, 0) is 30.5 Å². The minimum Gasteiger partial charge on any atom is -0.352 e. The summed E-state index contributed by atoms with van der Waals surface area (Å²) >= 11 is 0. The number of carbonyl (C=O) groups is 2. The summed E-state index contributed by atoms with van der Waals surface area (Å²) in [4.78, 5) is 24.0. The first-order chi connectivity index (χ1) is 11.2. The molecule has 0 spiro atoms. The minimum absolute atomic E-state index is 0.0292. The van der Waals surface area contributed by atoms with Crippen LogP contribution >= 0.6 is 0 Å². The van der Waals surface area contributed by atoms with Crippen molar-refractivity contribution in [3.63, 3.8) is 0 Å². The van der Waals surface area contributed by atoms with Crippen LogP contribution in [0.25, 0.3) is 0 Å². The van der Waals surface area contributed by atoms with Crippen LogP contribution in [0.2, 0.25) is 0 Å². The van der Waals surface area contributed by atoms with Crippen LogP contribution in [-0.2, 0) is 11.3 Å². The minimum atomic E-state index is -0.0292. The predicted molar refractivity (Wildman–Crippen MR) is 88.9 cm³/mol. The largest absolute Gasteiger partial charge is 0.352 e. The SMILES string of the molecule is O=C(NCC1CNC1)c1ccc(CNC(=O)C2CCCC2)cc1. The molecule has 23 heavy (non-hydrogen) atoms. The first kappa shape index (κ1) is 16.0. The Bertz CT molecular complexity index is 546. The molecule has 5 nitrogen and oxygen atoms in total. The van der Waals surface area contributed by atoms with E-state index in [4.69, 9.17) is 0 Å². The number of nitrogens with one attached hydrogen (secondary N) is 3. The van der Waals surface area contributed by atoms with Gasteiger partial charge in [-0.3, -0.25) is 9.59 Å². The highest BCUT2D eigenvalue weighted by molar-refractivity contribution is 5.94. The van der Waals surface area contributed by atoms with Crippen LogP contribution in [0.1, 0.15) is 41.6 Å². The van der Waals surface area contributed by atoms with Crippen molar-refractivity contribution in [1.82, 2.24) is 16.0 Å². The molecule has 0 radical (unpaired) electrons. The van der Waals surface area contributed by atoms with Crippen LogP contribution in [0.15, 0.2) is 24.3 Å². The highest BCUT2D eigenvalue weighted by Crippen LogP contribution is 2.24. The van der Waals surface area contributed by atoms with Gasteiger partial charge in [0.2, 0.25) is 5.91 Å². The Labute approximate surface area is 137 Å². The van der Waals surface area contributed by atoms with Crippen molar-refractivity contribution in [1.29, 1.82) is 0 Å². The zero-order chi connectivity index (χ0) is 16.1. The first-order valence-corrected chi connectivity index (χ1v) is 8.58. The topological polar surface area (TPSA) is 70.2 Å². The summed E-state index contributed by atoms with van der Waals surface area (Å²) in [6, 6.07) is 7.47. The van der Waals surface area contributed by atoms with E-state index in [2.05, 4.69) is 16.0 Å². The fourth-order valence-corrected chi connectivity index (χ4v) is 3.13. The van der Waals surface area contributed by atoms with E-state index in [1.165, 1.54) is 12.8 Å². The number of amides is 2. The monoisotopic (exact) mass is 315 g/mol. The third-order valence-electron chi connectivity index (χ3n) is 4.83. The average molecular weight is 315 g/mol. The fourth-order valence-electron chi connectivity index (χ4n) is 3.13. The predicted octanol–water partition coefficient (Wildman–Crippen LogP) is 1.44. The molecule has 1 aliphatic heterocycles. The van der Waals surface area contributed by atoms with Gasteiger partial charge < -0.3 is 16.0 Å². The smallest absolute Gasteiger partial charge is 0.251 e. The number of benzene rings is 1. The molecule has 1 heterocycles. The Morgan fingerprint density at radius 1 is 1.04 bits per heavy atom. The van der Waals surface area contributed by atoms with Crippen molar-refractivity contribution >= 4 is 11.8 Å². The van der Waals surface area contributed by atoms with Gasteiger partial charge in [-0.25, -0.2) is 0 Å². The lowest BCUT2D eigenvalue weighted by molar-refractivity contribution is -0.124. The van der Waals surface area contributed by atoms with E-state index in [1.54, 1.807) is 0 Å². The van der Waals surface area contributed by atoms with E-state index in [9.17, 15) is 9.59 Å². The van der Waals surface area contributed by atoms with Gasteiger partial charge >= 0.3 is 0 Å². The first-order valence-electron chi connectivity index (χ1n) is 8.58. The van der Waals surface area contributed by atoms with Crippen LogP contribution < -0.4 is 16.0 Å². The van der Waals surface area contributed by atoms with Gasteiger partial charge in [0.05, 0.1) is 0 Å². The van der Waals surface area contributed by atoms with Crippen molar-refractivity contribution in [2.75, 3.05) is 19.6 Å². The summed E-state index contributed by atoms with van der Waals surface area (Å²) in [5.74, 6) is 0.891. The van der Waals surface area contributed by atoms with Gasteiger partial charge in [-0.15, -0.1) is 0 Å². The van der Waals surface area contributed by atoms with Crippen LogP contribution in [-0.4, -0.2) is 31.4 Å². The molecule has 5 heteroatoms. The van der Waals surface area contributed by atoms with Gasteiger partial charge in [0.15, 0.2) is 0 Å². The Hall–Kier alpha value is -1.88. The number of carbonyl (C=O) groups excluding carboxylic acids is 2. The second-order valence-electron chi connectivity index (χ2n) is 6.63. The van der Waals surface area contributed by atoms with E-state index >= 15 is 0 Å². The van der Waals surface area contributed by atoms with Crippen LogP contribution in [0.3, 0.4) is 0 Å². The van der Waals surface area contributed by atoms with Crippen molar-refractivity contribution in [2.45, 2.75) is 32.2 Å². The molecule has 124 valence electrons. The van der Waals surface area contributed by atoms with Crippen molar-refractivity contribution in [3.05, 3.63) is 35.4 Å². The number of hydrogen-bond donors (Lipinski definition) is 3. The second-order valence-corrected chi connectivity index (χ2v) is 6.63. The van der Waals surface area contributed by atoms with Crippen molar-refractivity contribution in [3.8, 4) is 0 Å². The van der Waals surface area contributed by atoms with Gasteiger partial charge in [0, 0.05) is 43.6 Å². The lowest BCUT2D eigenvalue weighted by Crippen LogP contribution is -2.48. The molecule has 1 aromatic rings. The van der Waals surface area contributed by atoms with Gasteiger partial charge in [0.1, 0.15) is 0 Å². The molecule has 0 bridgehead atoms. The fraction of sp³-hybridized carbons (Fsp3) is 0.556. The summed E-state index contributed by atoms with van der Waals surface area (Å²) in [6.45, 7) is 3.23. The molecule has 1 saturated carbocycles.